The molecule has 39 heavy (non-hydrogen) atoms. The molecule has 1 aliphatic rings. The van der Waals surface area contributed by atoms with Gasteiger partial charge in [-0.3, -0.25) is 14.5 Å². The summed E-state index contributed by atoms with van der Waals surface area (Å²) in [5, 5.41) is 0.899. The van der Waals surface area contributed by atoms with Crippen molar-refractivity contribution in [3.05, 3.63) is 111 Å². The minimum Gasteiger partial charge on any atom is -0.379 e. The van der Waals surface area contributed by atoms with E-state index in [1.54, 1.807) is 48.5 Å². The van der Waals surface area contributed by atoms with Crippen LogP contribution < -0.4 is 5.43 Å². The van der Waals surface area contributed by atoms with E-state index in [9.17, 15) is 18.0 Å². The monoisotopic (exact) mass is 565 g/mol. The summed E-state index contributed by atoms with van der Waals surface area (Å²) < 4.78 is 31.9. The average Bonchev–Trinajstić information content (AvgIpc) is 2.95. The molecule has 8 nitrogen and oxygen atoms in total. The molecule has 0 radical (unpaired) electrons. The van der Waals surface area contributed by atoms with Crippen LogP contribution in [0.1, 0.15) is 21.5 Å². The SMILES string of the molecule is O=C(c1c[nH]c2ccc(CN3CCOCC3)cc2c1=O)N(Cc1ccc(Cl)cc1)CS(=O)(=O)c1ccccc1. The highest BCUT2D eigenvalue weighted by Gasteiger charge is 2.26. The number of hydrogen-bond acceptors (Lipinski definition) is 6. The number of rotatable bonds is 8. The molecule has 1 N–H and O–H groups in total. The highest BCUT2D eigenvalue weighted by atomic mass is 35.5. The molecule has 1 saturated heterocycles. The van der Waals surface area contributed by atoms with Crippen LogP contribution in [0.15, 0.2) is 88.7 Å². The standard InChI is InChI=1S/C29H28ClN3O5S/c30-23-9-6-21(7-10-23)19-33(20-39(36,37)24-4-2-1-3-5-24)29(35)26-17-31-27-11-8-22(16-25(27)28(26)34)18-32-12-14-38-15-13-32/h1-11,16-17H,12-15,18-20H2,(H,31,34). The molecule has 1 fully saturated rings. The smallest absolute Gasteiger partial charge is 0.260 e. The fourth-order valence-electron chi connectivity index (χ4n) is 4.60. The molecule has 3 aromatic carbocycles. The predicted molar refractivity (Wildman–Crippen MR) is 150 cm³/mol. The van der Waals surface area contributed by atoms with Gasteiger partial charge in [-0.2, -0.15) is 0 Å². The normalized spacial score (nSPS) is 14.4. The van der Waals surface area contributed by atoms with Gasteiger partial charge < -0.3 is 14.6 Å². The van der Waals surface area contributed by atoms with Crippen molar-refractivity contribution in [3.8, 4) is 0 Å². The van der Waals surface area contributed by atoms with Crippen molar-refractivity contribution in [1.29, 1.82) is 0 Å². The first kappa shape index (κ1) is 27.1. The molecule has 1 aromatic heterocycles. The number of carbonyl (C=O) groups excluding carboxylic acids is 1. The highest BCUT2D eigenvalue weighted by molar-refractivity contribution is 7.91. The lowest BCUT2D eigenvalue weighted by Crippen LogP contribution is -2.37. The lowest BCUT2D eigenvalue weighted by molar-refractivity contribution is 0.0342. The Morgan fingerprint density at radius 3 is 2.38 bits per heavy atom. The van der Waals surface area contributed by atoms with Gasteiger partial charge in [0.2, 0.25) is 5.43 Å². The Morgan fingerprint density at radius 1 is 0.974 bits per heavy atom. The molecule has 0 atom stereocenters. The predicted octanol–water partition coefficient (Wildman–Crippen LogP) is 4.09. The fourth-order valence-corrected chi connectivity index (χ4v) is 6.07. The van der Waals surface area contributed by atoms with Crippen molar-refractivity contribution in [3.63, 3.8) is 0 Å². The van der Waals surface area contributed by atoms with E-state index in [0.29, 0.717) is 41.2 Å². The molecule has 0 spiro atoms. The second kappa shape index (κ2) is 11.7. The van der Waals surface area contributed by atoms with Gasteiger partial charge in [0.25, 0.3) is 5.91 Å². The van der Waals surface area contributed by atoms with Gasteiger partial charge in [0.1, 0.15) is 11.4 Å². The first-order chi connectivity index (χ1) is 18.8. The third-order valence-corrected chi connectivity index (χ3v) is 8.58. The van der Waals surface area contributed by atoms with Crippen molar-refractivity contribution in [2.24, 2.45) is 0 Å². The number of H-pyrrole nitrogens is 1. The summed E-state index contributed by atoms with van der Waals surface area (Å²) >= 11 is 6.01. The number of carbonyl (C=O) groups is 1. The topological polar surface area (TPSA) is 99.8 Å². The molecule has 0 unspecified atom stereocenters. The first-order valence-electron chi connectivity index (χ1n) is 12.6. The minimum absolute atomic E-state index is 0.0172. The molecule has 0 saturated carbocycles. The number of benzene rings is 3. The molecule has 0 bridgehead atoms. The van der Waals surface area contributed by atoms with Crippen molar-refractivity contribution < 1.29 is 17.9 Å². The molecule has 0 aliphatic carbocycles. The second-order valence-electron chi connectivity index (χ2n) is 9.49. The third-order valence-electron chi connectivity index (χ3n) is 6.69. The van der Waals surface area contributed by atoms with Crippen molar-refractivity contribution >= 4 is 38.2 Å². The number of morpholine rings is 1. The van der Waals surface area contributed by atoms with E-state index in [0.717, 1.165) is 18.7 Å². The van der Waals surface area contributed by atoms with E-state index in [4.69, 9.17) is 16.3 Å². The van der Waals surface area contributed by atoms with Crippen molar-refractivity contribution in [1.82, 2.24) is 14.8 Å². The maximum Gasteiger partial charge on any atom is 0.260 e. The van der Waals surface area contributed by atoms with Crippen LogP contribution in [0.25, 0.3) is 10.9 Å². The largest absolute Gasteiger partial charge is 0.379 e. The van der Waals surface area contributed by atoms with E-state index in [1.807, 2.05) is 12.1 Å². The number of fused-ring (bicyclic) bond motifs is 1. The molecular formula is C29H28ClN3O5S. The van der Waals surface area contributed by atoms with Crippen LogP contribution in [-0.4, -0.2) is 61.3 Å². The zero-order valence-electron chi connectivity index (χ0n) is 21.2. The van der Waals surface area contributed by atoms with Crippen LogP contribution in [-0.2, 0) is 27.7 Å². The van der Waals surface area contributed by atoms with E-state index in [1.165, 1.54) is 23.2 Å². The summed E-state index contributed by atoms with van der Waals surface area (Å²) in [7, 11) is -3.87. The number of halogens is 1. The first-order valence-corrected chi connectivity index (χ1v) is 14.6. The number of amides is 1. The van der Waals surface area contributed by atoms with Gasteiger partial charge in [0, 0.05) is 48.3 Å². The third kappa shape index (κ3) is 6.39. The Kier molecular flexibility index (Phi) is 8.13. The van der Waals surface area contributed by atoms with Gasteiger partial charge in [0.15, 0.2) is 9.84 Å². The number of aromatic nitrogens is 1. The Labute approximate surface area is 231 Å². The van der Waals surface area contributed by atoms with Crippen molar-refractivity contribution in [2.45, 2.75) is 18.0 Å². The van der Waals surface area contributed by atoms with Crippen molar-refractivity contribution in [2.75, 3.05) is 32.2 Å². The Morgan fingerprint density at radius 2 is 1.67 bits per heavy atom. The van der Waals surface area contributed by atoms with Crippen LogP contribution in [0.2, 0.25) is 5.02 Å². The number of ether oxygens (including phenoxy) is 1. The number of aromatic amines is 1. The lowest BCUT2D eigenvalue weighted by Gasteiger charge is -2.26. The molecule has 5 rings (SSSR count). The van der Waals surface area contributed by atoms with E-state index < -0.39 is 27.1 Å². The van der Waals surface area contributed by atoms with Gasteiger partial charge in [-0.1, -0.05) is 48.0 Å². The number of sulfone groups is 1. The summed E-state index contributed by atoms with van der Waals surface area (Å²) in [6.07, 6.45) is 1.36. The molecule has 4 aromatic rings. The minimum atomic E-state index is -3.87. The summed E-state index contributed by atoms with van der Waals surface area (Å²) in [4.78, 5) is 33.9. The second-order valence-corrected chi connectivity index (χ2v) is 11.9. The van der Waals surface area contributed by atoms with E-state index in [2.05, 4.69) is 9.88 Å². The zero-order chi connectivity index (χ0) is 27.4. The molecule has 1 amide bonds. The molecule has 2 heterocycles. The van der Waals surface area contributed by atoms with Gasteiger partial charge >= 0.3 is 0 Å². The van der Waals surface area contributed by atoms with Gasteiger partial charge in [-0.25, -0.2) is 8.42 Å². The summed E-state index contributed by atoms with van der Waals surface area (Å²) in [5.74, 6) is -1.27. The summed E-state index contributed by atoms with van der Waals surface area (Å²) in [5.41, 5.74) is 1.66. The van der Waals surface area contributed by atoms with E-state index >= 15 is 0 Å². The molecule has 1 aliphatic heterocycles. The number of nitrogens with zero attached hydrogens (tertiary/aromatic N) is 2. The summed E-state index contributed by atoms with van der Waals surface area (Å²) in [6, 6.07) is 20.3. The molecule has 10 heteroatoms. The number of hydrogen-bond donors (Lipinski definition) is 1. The quantitative estimate of drug-likeness (QED) is 0.345. The Bertz CT molecular complexity index is 1630. The highest BCUT2D eigenvalue weighted by Crippen LogP contribution is 2.19. The van der Waals surface area contributed by atoms with Gasteiger partial charge in [0.05, 0.1) is 18.1 Å². The Balaban J connectivity index is 1.49. The maximum atomic E-state index is 13.8. The zero-order valence-corrected chi connectivity index (χ0v) is 22.7. The van der Waals surface area contributed by atoms with E-state index in [-0.39, 0.29) is 17.0 Å². The Hall–Kier alpha value is -3.50. The van der Waals surface area contributed by atoms with Crippen LogP contribution in [0, 0.1) is 0 Å². The van der Waals surface area contributed by atoms with Gasteiger partial charge in [-0.15, -0.1) is 0 Å². The maximum absolute atomic E-state index is 13.8. The van der Waals surface area contributed by atoms with Gasteiger partial charge in [-0.05, 0) is 47.5 Å². The molecular weight excluding hydrogens is 538 g/mol. The molecule has 202 valence electrons. The fraction of sp³-hybridized carbons (Fsp3) is 0.241. The van der Waals surface area contributed by atoms with Crippen LogP contribution in [0.4, 0.5) is 0 Å². The summed E-state index contributed by atoms with van der Waals surface area (Å²) in [6.45, 7) is 3.60. The average molecular weight is 566 g/mol. The number of pyridine rings is 1. The number of nitrogens with one attached hydrogen (secondary N) is 1. The lowest BCUT2D eigenvalue weighted by atomic mass is 10.1. The van der Waals surface area contributed by atoms with Crippen LogP contribution >= 0.6 is 11.6 Å². The van der Waals surface area contributed by atoms with Crippen LogP contribution in [0.5, 0.6) is 0 Å². The van der Waals surface area contributed by atoms with Crippen LogP contribution in [0.3, 0.4) is 0 Å².